The van der Waals surface area contributed by atoms with Crippen molar-refractivity contribution in [1.29, 1.82) is 0 Å². The van der Waals surface area contributed by atoms with Crippen LogP contribution in [0.2, 0.25) is 0 Å². The van der Waals surface area contributed by atoms with Gasteiger partial charge in [-0.25, -0.2) is 8.42 Å². The first-order valence-corrected chi connectivity index (χ1v) is 11.0. The molecule has 0 atom stereocenters. The fourth-order valence-corrected chi connectivity index (χ4v) is 4.19. The Morgan fingerprint density at radius 2 is 1.29 bits per heavy atom. The third-order valence-corrected chi connectivity index (χ3v) is 6.24. The van der Waals surface area contributed by atoms with Crippen molar-refractivity contribution in [3.8, 4) is 0 Å². The monoisotopic (exact) mass is 372 g/mol. The molecule has 5 heteroatoms. The number of sulfone groups is 1. The summed E-state index contributed by atoms with van der Waals surface area (Å²) in [5.41, 5.74) is 0.314. The second-order valence-corrected chi connectivity index (χ2v) is 8.75. The summed E-state index contributed by atoms with van der Waals surface area (Å²) >= 11 is 5.36. The third-order valence-electron chi connectivity index (χ3n) is 4.21. The molecular weight excluding hydrogens is 344 g/mol. The molecule has 0 amide bonds. The van der Waals surface area contributed by atoms with Crippen molar-refractivity contribution >= 4 is 26.7 Å². The number of carbonyl (C=O) groups is 1. The van der Waals surface area contributed by atoms with Crippen molar-refractivity contribution in [1.82, 2.24) is 0 Å². The smallest absolute Gasteiger partial charge is 0.252 e. The summed E-state index contributed by atoms with van der Waals surface area (Å²) in [4.78, 5) is 11.3. The predicted molar refractivity (Wildman–Crippen MR) is 101 cm³/mol. The standard InChI is InChI=1S/C19H29ClO3S/c1-2-3-4-5-6-7-8-9-10-11-16-24(22,23)18-14-12-17(13-15-18)19(20)21/h12-15H,2-11,16H2,1H3. The number of unbranched alkanes of at least 4 members (excludes halogenated alkanes) is 9. The highest BCUT2D eigenvalue weighted by Gasteiger charge is 2.14. The van der Waals surface area contributed by atoms with Gasteiger partial charge in [-0.3, -0.25) is 4.79 Å². The van der Waals surface area contributed by atoms with Crippen LogP contribution < -0.4 is 0 Å². The van der Waals surface area contributed by atoms with Crippen LogP contribution in [-0.2, 0) is 9.84 Å². The Bertz CT molecular complexity index is 579. The molecule has 0 bridgehead atoms. The second kappa shape index (κ2) is 11.6. The Morgan fingerprint density at radius 1 is 0.833 bits per heavy atom. The van der Waals surface area contributed by atoms with Gasteiger partial charge in [0.1, 0.15) is 0 Å². The van der Waals surface area contributed by atoms with E-state index >= 15 is 0 Å². The average Bonchev–Trinajstić information content (AvgIpc) is 2.56. The van der Waals surface area contributed by atoms with Crippen LogP contribution >= 0.6 is 11.6 Å². The minimum atomic E-state index is -3.26. The van der Waals surface area contributed by atoms with E-state index in [1.807, 2.05) is 0 Å². The number of hydrogen-bond donors (Lipinski definition) is 0. The molecule has 0 saturated heterocycles. The largest absolute Gasteiger partial charge is 0.276 e. The van der Waals surface area contributed by atoms with Gasteiger partial charge in [-0.15, -0.1) is 0 Å². The summed E-state index contributed by atoms with van der Waals surface area (Å²) in [6.45, 7) is 2.22. The molecule has 3 nitrogen and oxygen atoms in total. The van der Waals surface area contributed by atoms with Crippen LogP contribution in [0.4, 0.5) is 0 Å². The minimum absolute atomic E-state index is 0.164. The van der Waals surface area contributed by atoms with Gasteiger partial charge in [0.2, 0.25) is 0 Å². The molecule has 136 valence electrons. The molecule has 24 heavy (non-hydrogen) atoms. The molecular formula is C19H29ClO3S. The summed E-state index contributed by atoms with van der Waals surface area (Å²) in [5.74, 6) is 0.164. The van der Waals surface area contributed by atoms with E-state index in [0.717, 1.165) is 12.8 Å². The number of carbonyl (C=O) groups excluding carboxylic acids is 1. The zero-order valence-electron chi connectivity index (χ0n) is 14.6. The second-order valence-electron chi connectivity index (χ2n) is 6.30. The van der Waals surface area contributed by atoms with Gasteiger partial charge >= 0.3 is 0 Å². The molecule has 0 fully saturated rings. The van der Waals surface area contributed by atoms with Crippen molar-refractivity contribution in [2.75, 3.05) is 5.75 Å². The number of benzene rings is 1. The molecule has 0 aromatic heterocycles. The highest BCUT2D eigenvalue weighted by Crippen LogP contribution is 2.16. The SMILES string of the molecule is CCCCCCCCCCCCS(=O)(=O)c1ccc(C(=O)Cl)cc1. The molecule has 0 heterocycles. The van der Waals surface area contributed by atoms with Crippen molar-refractivity contribution in [2.24, 2.45) is 0 Å². The molecule has 0 saturated carbocycles. The van der Waals surface area contributed by atoms with Crippen LogP contribution in [-0.4, -0.2) is 19.4 Å². The molecule has 1 rings (SSSR count). The van der Waals surface area contributed by atoms with Crippen molar-refractivity contribution in [3.63, 3.8) is 0 Å². The maximum Gasteiger partial charge on any atom is 0.252 e. The highest BCUT2D eigenvalue weighted by atomic mass is 35.5. The Balaban J connectivity index is 2.20. The first kappa shape index (κ1) is 21.2. The van der Waals surface area contributed by atoms with E-state index in [0.29, 0.717) is 12.0 Å². The van der Waals surface area contributed by atoms with Crippen LogP contribution in [0.1, 0.15) is 81.5 Å². The Hall–Kier alpha value is -0.870. The number of rotatable bonds is 13. The van der Waals surface area contributed by atoms with E-state index in [2.05, 4.69) is 6.92 Å². The summed E-state index contributed by atoms with van der Waals surface area (Å²) in [6, 6.07) is 5.84. The fourth-order valence-electron chi connectivity index (χ4n) is 2.69. The highest BCUT2D eigenvalue weighted by molar-refractivity contribution is 7.91. The summed E-state index contributed by atoms with van der Waals surface area (Å²) in [6.07, 6.45) is 11.7. The number of halogens is 1. The van der Waals surface area contributed by atoms with Gasteiger partial charge in [-0.05, 0) is 42.3 Å². The predicted octanol–water partition coefficient (Wildman–Crippen LogP) is 5.76. The topological polar surface area (TPSA) is 51.2 Å². The Labute approximate surface area is 151 Å². The van der Waals surface area contributed by atoms with Crippen LogP contribution in [0, 0.1) is 0 Å². The lowest BCUT2D eigenvalue weighted by atomic mass is 10.1. The molecule has 1 aromatic rings. The van der Waals surface area contributed by atoms with E-state index in [1.54, 1.807) is 0 Å². The van der Waals surface area contributed by atoms with Crippen LogP contribution in [0.5, 0.6) is 0 Å². The lowest BCUT2D eigenvalue weighted by molar-refractivity contribution is 0.108. The summed E-state index contributed by atoms with van der Waals surface area (Å²) < 4.78 is 24.5. The third kappa shape index (κ3) is 8.29. The molecule has 0 aliphatic heterocycles. The molecule has 0 unspecified atom stereocenters. The molecule has 0 N–H and O–H groups in total. The maximum atomic E-state index is 12.2. The van der Waals surface area contributed by atoms with E-state index in [4.69, 9.17) is 11.6 Å². The van der Waals surface area contributed by atoms with Gasteiger partial charge in [0.25, 0.3) is 5.24 Å². The molecule has 0 radical (unpaired) electrons. The van der Waals surface area contributed by atoms with Gasteiger partial charge in [-0.2, -0.15) is 0 Å². The van der Waals surface area contributed by atoms with Crippen LogP contribution in [0.15, 0.2) is 29.2 Å². The van der Waals surface area contributed by atoms with Crippen molar-refractivity contribution in [3.05, 3.63) is 29.8 Å². The van der Waals surface area contributed by atoms with Crippen LogP contribution in [0.25, 0.3) is 0 Å². The van der Waals surface area contributed by atoms with Gasteiger partial charge in [0, 0.05) is 5.56 Å². The normalized spacial score (nSPS) is 11.6. The first-order chi connectivity index (χ1) is 11.5. The Morgan fingerprint density at radius 3 is 1.75 bits per heavy atom. The zero-order chi connectivity index (χ0) is 17.8. The lowest BCUT2D eigenvalue weighted by Crippen LogP contribution is -2.07. The van der Waals surface area contributed by atoms with Crippen LogP contribution in [0.3, 0.4) is 0 Å². The molecule has 0 spiro atoms. The van der Waals surface area contributed by atoms with Gasteiger partial charge in [0.15, 0.2) is 9.84 Å². The van der Waals surface area contributed by atoms with Crippen molar-refractivity contribution < 1.29 is 13.2 Å². The van der Waals surface area contributed by atoms with E-state index in [1.165, 1.54) is 69.2 Å². The lowest BCUT2D eigenvalue weighted by Gasteiger charge is -2.05. The molecule has 1 aromatic carbocycles. The number of hydrogen-bond acceptors (Lipinski definition) is 3. The maximum absolute atomic E-state index is 12.2. The molecule has 0 aliphatic carbocycles. The Kier molecular flexibility index (Phi) is 10.3. The summed E-state index contributed by atoms with van der Waals surface area (Å²) in [7, 11) is -3.26. The quantitative estimate of drug-likeness (QED) is 0.326. The fraction of sp³-hybridized carbons (Fsp3) is 0.632. The van der Waals surface area contributed by atoms with Crippen molar-refractivity contribution in [2.45, 2.75) is 76.0 Å². The zero-order valence-corrected chi connectivity index (χ0v) is 16.2. The van der Waals surface area contributed by atoms with Gasteiger partial charge in [0.05, 0.1) is 10.6 Å². The van der Waals surface area contributed by atoms with E-state index in [9.17, 15) is 13.2 Å². The first-order valence-electron chi connectivity index (χ1n) is 9.00. The summed E-state index contributed by atoms with van der Waals surface area (Å²) in [5, 5.41) is -0.575. The van der Waals surface area contributed by atoms with Gasteiger partial charge < -0.3 is 0 Å². The molecule has 0 aliphatic rings. The average molecular weight is 373 g/mol. The van der Waals surface area contributed by atoms with E-state index in [-0.39, 0.29) is 10.6 Å². The van der Waals surface area contributed by atoms with E-state index < -0.39 is 15.1 Å². The van der Waals surface area contributed by atoms with Gasteiger partial charge in [-0.1, -0.05) is 64.7 Å². The minimum Gasteiger partial charge on any atom is -0.276 e.